The maximum atomic E-state index is 11.4. The molecule has 0 heterocycles. The number of nitrogens with two attached hydrogens (primary N) is 1. The summed E-state index contributed by atoms with van der Waals surface area (Å²) < 4.78 is 0. The van der Waals surface area contributed by atoms with E-state index in [9.17, 15) is 4.79 Å². The predicted molar refractivity (Wildman–Crippen MR) is 63.4 cm³/mol. The summed E-state index contributed by atoms with van der Waals surface area (Å²) in [4.78, 5) is 11.4. The minimum absolute atomic E-state index is 0.172. The molecule has 0 aliphatic heterocycles. The second-order valence-corrected chi connectivity index (χ2v) is 4.12. The van der Waals surface area contributed by atoms with Crippen LogP contribution in [0.1, 0.15) is 13.3 Å². The van der Waals surface area contributed by atoms with Crippen molar-refractivity contribution in [2.45, 2.75) is 19.4 Å². The Bertz CT molecular complexity index is 366. The van der Waals surface area contributed by atoms with Crippen LogP contribution >= 0.6 is 23.2 Å². The maximum absolute atomic E-state index is 11.4. The van der Waals surface area contributed by atoms with Crippen molar-refractivity contribution in [2.75, 3.05) is 5.32 Å². The molecule has 0 spiro atoms. The van der Waals surface area contributed by atoms with E-state index < -0.39 is 0 Å². The number of benzene rings is 1. The van der Waals surface area contributed by atoms with Gasteiger partial charge in [0.25, 0.3) is 0 Å². The second-order valence-electron chi connectivity index (χ2n) is 3.33. The molecule has 0 radical (unpaired) electrons. The standard InChI is InChI=1S/C10H12Cl2N2O/c1-6(13)5-9(15)14-8-4-2-3-7(11)10(8)12/h2-4,6H,5,13H2,1H3,(H,14,15). The van der Waals surface area contributed by atoms with Crippen molar-refractivity contribution in [1.29, 1.82) is 0 Å². The highest BCUT2D eigenvalue weighted by molar-refractivity contribution is 6.43. The normalized spacial score (nSPS) is 12.3. The summed E-state index contributed by atoms with van der Waals surface area (Å²) in [7, 11) is 0. The van der Waals surface area contributed by atoms with Gasteiger partial charge < -0.3 is 11.1 Å². The van der Waals surface area contributed by atoms with Gasteiger partial charge in [-0.1, -0.05) is 29.3 Å². The molecule has 1 aromatic rings. The van der Waals surface area contributed by atoms with Gasteiger partial charge in [-0.3, -0.25) is 4.79 Å². The lowest BCUT2D eigenvalue weighted by molar-refractivity contribution is -0.116. The van der Waals surface area contributed by atoms with Crippen LogP contribution in [0.15, 0.2) is 18.2 Å². The Labute approximate surface area is 98.5 Å². The van der Waals surface area contributed by atoms with E-state index in [0.29, 0.717) is 15.7 Å². The average molecular weight is 247 g/mol. The van der Waals surface area contributed by atoms with Gasteiger partial charge in [-0.2, -0.15) is 0 Å². The Morgan fingerprint density at radius 1 is 1.53 bits per heavy atom. The van der Waals surface area contributed by atoms with Gasteiger partial charge in [0, 0.05) is 12.5 Å². The van der Waals surface area contributed by atoms with Crippen LogP contribution < -0.4 is 11.1 Å². The van der Waals surface area contributed by atoms with E-state index in [1.165, 1.54) is 0 Å². The van der Waals surface area contributed by atoms with E-state index in [2.05, 4.69) is 5.32 Å². The lowest BCUT2D eigenvalue weighted by atomic mass is 10.2. The number of hydrogen-bond acceptors (Lipinski definition) is 2. The Morgan fingerprint density at radius 2 is 2.20 bits per heavy atom. The topological polar surface area (TPSA) is 55.1 Å². The summed E-state index contributed by atoms with van der Waals surface area (Å²) in [6.45, 7) is 1.76. The third-order valence-corrected chi connectivity index (χ3v) is 2.55. The van der Waals surface area contributed by atoms with Crippen LogP contribution in [0.25, 0.3) is 0 Å². The zero-order chi connectivity index (χ0) is 11.4. The number of anilines is 1. The van der Waals surface area contributed by atoms with E-state index in [4.69, 9.17) is 28.9 Å². The van der Waals surface area contributed by atoms with Crippen LogP contribution in [0.2, 0.25) is 10.0 Å². The van der Waals surface area contributed by atoms with Crippen molar-refractivity contribution in [1.82, 2.24) is 0 Å². The van der Waals surface area contributed by atoms with E-state index in [1.807, 2.05) is 0 Å². The molecule has 0 aliphatic rings. The molecule has 0 saturated carbocycles. The first-order chi connectivity index (χ1) is 7.00. The van der Waals surface area contributed by atoms with Crippen molar-refractivity contribution in [2.24, 2.45) is 5.73 Å². The quantitative estimate of drug-likeness (QED) is 0.862. The Morgan fingerprint density at radius 3 is 2.80 bits per heavy atom. The number of rotatable bonds is 3. The first-order valence-corrected chi connectivity index (χ1v) is 5.25. The SMILES string of the molecule is CC(N)CC(=O)Nc1cccc(Cl)c1Cl. The van der Waals surface area contributed by atoms with Crippen LogP contribution in [0.5, 0.6) is 0 Å². The molecule has 3 N–H and O–H groups in total. The molecule has 1 amide bonds. The van der Waals surface area contributed by atoms with Gasteiger partial charge in [-0.15, -0.1) is 0 Å². The highest BCUT2D eigenvalue weighted by atomic mass is 35.5. The fourth-order valence-electron chi connectivity index (χ4n) is 1.09. The molecule has 5 heteroatoms. The first kappa shape index (κ1) is 12.3. The summed E-state index contributed by atoms with van der Waals surface area (Å²) in [6, 6.07) is 4.89. The van der Waals surface area contributed by atoms with Crippen LogP contribution in [-0.4, -0.2) is 11.9 Å². The number of carbonyl (C=O) groups excluding carboxylic acids is 1. The van der Waals surface area contributed by atoms with Crippen LogP contribution in [0.4, 0.5) is 5.69 Å². The summed E-state index contributed by atoms with van der Waals surface area (Å²) in [6.07, 6.45) is 0.253. The predicted octanol–water partition coefficient (Wildman–Crippen LogP) is 2.67. The molecular weight excluding hydrogens is 235 g/mol. The van der Waals surface area contributed by atoms with Crippen molar-refractivity contribution in [3.8, 4) is 0 Å². The average Bonchev–Trinajstić information content (AvgIpc) is 2.11. The molecule has 1 atom stereocenters. The van der Waals surface area contributed by atoms with E-state index in [0.717, 1.165) is 0 Å². The van der Waals surface area contributed by atoms with Gasteiger partial charge in [-0.25, -0.2) is 0 Å². The smallest absolute Gasteiger partial charge is 0.225 e. The van der Waals surface area contributed by atoms with Crippen LogP contribution in [-0.2, 0) is 4.79 Å². The van der Waals surface area contributed by atoms with Crippen molar-refractivity contribution < 1.29 is 4.79 Å². The zero-order valence-electron chi connectivity index (χ0n) is 8.26. The van der Waals surface area contributed by atoms with E-state index in [-0.39, 0.29) is 18.4 Å². The highest BCUT2D eigenvalue weighted by Crippen LogP contribution is 2.29. The first-order valence-electron chi connectivity index (χ1n) is 4.50. The van der Waals surface area contributed by atoms with Gasteiger partial charge in [-0.05, 0) is 19.1 Å². The van der Waals surface area contributed by atoms with Gasteiger partial charge in [0.2, 0.25) is 5.91 Å². The largest absolute Gasteiger partial charge is 0.327 e. The van der Waals surface area contributed by atoms with Crippen molar-refractivity contribution in [3.63, 3.8) is 0 Å². The molecule has 0 aromatic heterocycles. The minimum Gasteiger partial charge on any atom is -0.327 e. The summed E-state index contributed by atoms with van der Waals surface area (Å²) in [5.41, 5.74) is 6.00. The van der Waals surface area contributed by atoms with Crippen LogP contribution in [0.3, 0.4) is 0 Å². The number of halogens is 2. The lowest BCUT2D eigenvalue weighted by Gasteiger charge is -2.09. The molecule has 0 aliphatic carbocycles. The number of nitrogens with one attached hydrogen (secondary N) is 1. The summed E-state index contributed by atoms with van der Waals surface area (Å²) in [5.74, 6) is -0.172. The van der Waals surface area contributed by atoms with Crippen molar-refractivity contribution in [3.05, 3.63) is 28.2 Å². The zero-order valence-corrected chi connectivity index (χ0v) is 9.77. The molecule has 0 fully saturated rings. The Kier molecular flexibility index (Phi) is 4.39. The molecular formula is C10H12Cl2N2O. The number of amides is 1. The molecule has 1 aromatic carbocycles. The summed E-state index contributed by atoms with van der Waals surface area (Å²) in [5, 5.41) is 3.40. The molecule has 1 unspecified atom stereocenters. The number of carbonyl (C=O) groups is 1. The van der Waals surface area contributed by atoms with E-state index >= 15 is 0 Å². The Hall–Kier alpha value is -0.770. The second kappa shape index (κ2) is 5.35. The fourth-order valence-corrected chi connectivity index (χ4v) is 1.44. The minimum atomic E-state index is -0.178. The Balaban J connectivity index is 2.73. The van der Waals surface area contributed by atoms with Gasteiger partial charge in [0.1, 0.15) is 0 Å². The molecule has 1 rings (SSSR count). The molecule has 0 bridgehead atoms. The molecule has 3 nitrogen and oxygen atoms in total. The van der Waals surface area contributed by atoms with Crippen LogP contribution in [0, 0.1) is 0 Å². The summed E-state index contributed by atoms with van der Waals surface area (Å²) >= 11 is 11.7. The molecule has 15 heavy (non-hydrogen) atoms. The van der Waals surface area contributed by atoms with Crippen molar-refractivity contribution >= 4 is 34.8 Å². The molecule has 82 valence electrons. The van der Waals surface area contributed by atoms with Gasteiger partial charge in [0.15, 0.2) is 0 Å². The lowest BCUT2D eigenvalue weighted by Crippen LogP contribution is -2.24. The van der Waals surface area contributed by atoms with Gasteiger partial charge >= 0.3 is 0 Å². The third kappa shape index (κ3) is 3.70. The van der Waals surface area contributed by atoms with Gasteiger partial charge in [0.05, 0.1) is 15.7 Å². The number of hydrogen-bond donors (Lipinski definition) is 2. The fraction of sp³-hybridized carbons (Fsp3) is 0.300. The highest BCUT2D eigenvalue weighted by Gasteiger charge is 2.09. The molecule has 0 saturated heterocycles. The third-order valence-electron chi connectivity index (χ3n) is 1.73. The van der Waals surface area contributed by atoms with E-state index in [1.54, 1.807) is 25.1 Å². The monoisotopic (exact) mass is 246 g/mol. The maximum Gasteiger partial charge on any atom is 0.225 e.